The molecule has 0 radical (unpaired) electrons. The van der Waals surface area contributed by atoms with Crippen LogP contribution < -0.4 is 20.5 Å². The first-order valence-electron chi connectivity index (χ1n) is 6.80. The predicted molar refractivity (Wildman–Crippen MR) is 84.9 cm³/mol. The molecule has 3 N–H and O–H groups in total. The molecule has 9 heteroatoms. The van der Waals surface area contributed by atoms with Gasteiger partial charge in [0.05, 0.1) is 14.2 Å². The Morgan fingerprint density at radius 1 is 1.08 bits per heavy atom. The second-order valence-electron chi connectivity index (χ2n) is 4.52. The molecule has 0 saturated heterocycles. The number of methoxy groups -OCH3 is 2. The van der Waals surface area contributed by atoms with Gasteiger partial charge in [0.15, 0.2) is 18.1 Å². The molecule has 1 aromatic heterocycles. The van der Waals surface area contributed by atoms with Crippen LogP contribution in [-0.4, -0.2) is 42.7 Å². The summed E-state index contributed by atoms with van der Waals surface area (Å²) in [5.41, 5.74) is 5.80. The van der Waals surface area contributed by atoms with E-state index in [1.807, 2.05) is 0 Å². The quantitative estimate of drug-likeness (QED) is 0.746. The number of amides is 1. The van der Waals surface area contributed by atoms with Crippen molar-refractivity contribution in [1.29, 1.82) is 0 Å². The van der Waals surface area contributed by atoms with E-state index in [-0.39, 0.29) is 11.5 Å². The summed E-state index contributed by atoms with van der Waals surface area (Å²) in [5, 5.41) is 2.57. The lowest BCUT2D eigenvalue weighted by atomic mass is 10.2. The van der Waals surface area contributed by atoms with Crippen LogP contribution in [0.1, 0.15) is 10.5 Å². The number of hydrogen-bond acceptors (Lipinski definition) is 8. The van der Waals surface area contributed by atoms with Crippen molar-refractivity contribution in [1.82, 2.24) is 9.97 Å². The molecular formula is C15H16N4O5. The van der Waals surface area contributed by atoms with Gasteiger partial charge in [-0.1, -0.05) is 0 Å². The van der Waals surface area contributed by atoms with Crippen LogP contribution in [0.15, 0.2) is 30.6 Å². The van der Waals surface area contributed by atoms with E-state index in [1.165, 1.54) is 26.6 Å². The Morgan fingerprint density at radius 2 is 1.71 bits per heavy atom. The van der Waals surface area contributed by atoms with Gasteiger partial charge in [-0.2, -0.15) is 0 Å². The minimum absolute atomic E-state index is 0.0690. The fourth-order valence-electron chi connectivity index (χ4n) is 1.78. The summed E-state index contributed by atoms with van der Waals surface area (Å²) < 4.78 is 15.1. The van der Waals surface area contributed by atoms with Crippen molar-refractivity contribution in [2.24, 2.45) is 0 Å². The number of ether oxygens (including phenoxy) is 3. The molecule has 1 heterocycles. The van der Waals surface area contributed by atoms with E-state index >= 15 is 0 Å². The van der Waals surface area contributed by atoms with Crippen LogP contribution in [0.5, 0.6) is 11.5 Å². The molecule has 2 aromatic rings. The molecule has 0 aliphatic carbocycles. The van der Waals surface area contributed by atoms with Crippen molar-refractivity contribution in [3.05, 3.63) is 36.3 Å². The molecule has 0 fully saturated rings. The summed E-state index contributed by atoms with van der Waals surface area (Å²) in [6.07, 6.45) is 2.64. The zero-order chi connectivity index (χ0) is 17.5. The molecule has 0 aliphatic rings. The van der Waals surface area contributed by atoms with Gasteiger partial charge in [0.1, 0.15) is 11.5 Å². The molecular weight excluding hydrogens is 316 g/mol. The molecule has 9 nitrogen and oxygen atoms in total. The molecule has 1 aromatic carbocycles. The van der Waals surface area contributed by atoms with Crippen LogP contribution in [0.4, 0.5) is 11.5 Å². The van der Waals surface area contributed by atoms with Gasteiger partial charge in [-0.15, -0.1) is 0 Å². The third-order valence-corrected chi connectivity index (χ3v) is 2.89. The van der Waals surface area contributed by atoms with Gasteiger partial charge < -0.3 is 25.3 Å². The average molecular weight is 332 g/mol. The number of benzene rings is 1. The summed E-state index contributed by atoms with van der Waals surface area (Å²) in [6.45, 7) is -0.506. The van der Waals surface area contributed by atoms with E-state index in [0.717, 1.165) is 0 Å². The highest BCUT2D eigenvalue weighted by atomic mass is 16.5. The number of nitrogens with zero attached hydrogens (tertiary/aromatic N) is 2. The number of hydrogen-bond donors (Lipinski definition) is 2. The number of nitrogens with two attached hydrogens (primary N) is 1. The normalized spacial score (nSPS) is 9.92. The van der Waals surface area contributed by atoms with E-state index in [0.29, 0.717) is 17.2 Å². The number of nitrogens with one attached hydrogen (secondary N) is 1. The summed E-state index contributed by atoms with van der Waals surface area (Å²) in [5.74, 6) is -0.427. The summed E-state index contributed by atoms with van der Waals surface area (Å²) in [4.78, 5) is 31.2. The summed E-state index contributed by atoms with van der Waals surface area (Å²) in [6, 6.07) is 4.86. The number of esters is 1. The molecule has 0 aliphatic heterocycles. The van der Waals surface area contributed by atoms with Gasteiger partial charge in [-0.3, -0.25) is 4.79 Å². The molecule has 2 rings (SSSR count). The Kier molecular flexibility index (Phi) is 5.50. The maximum Gasteiger partial charge on any atom is 0.361 e. The average Bonchev–Trinajstić information content (AvgIpc) is 2.59. The van der Waals surface area contributed by atoms with Gasteiger partial charge in [0.2, 0.25) is 0 Å². The topological polar surface area (TPSA) is 126 Å². The van der Waals surface area contributed by atoms with Crippen molar-refractivity contribution in [3.8, 4) is 11.5 Å². The van der Waals surface area contributed by atoms with Crippen LogP contribution >= 0.6 is 0 Å². The lowest BCUT2D eigenvalue weighted by Gasteiger charge is -2.10. The number of carbonyl (C=O) groups excluding carboxylic acids is 2. The van der Waals surface area contributed by atoms with Gasteiger partial charge in [-0.25, -0.2) is 14.8 Å². The van der Waals surface area contributed by atoms with Gasteiger partial charge in [0, 0.05) is 36.3 Å². The van der Waals surface area contributed by atoms with Crippen LogP contribution in [0.25, 0.3) is 0 Å². The highest BCUT2D eigenvalue weighted by molar-refractivity contribution is 5.96. The van der Waals surface area contributed by atoms with Crippen LogP contribution in [0, 0.1) is 0 Å². The zero-order valence-corrected chi connectivity index (χ0v) is 13.1. The highest BCUT2D eigenvalue weighted by Crippen LogP contribution is 2.25. The Hall–Kier alpha value is -3.36. The number of rotatable bonds is 6. The van der Waals surface area contributed by atoms with Crippen LogP contribution in [0.3, 0.4) is 0 Å². The van der Waals surface area contributed by atoms with E-state index in [1.54, 1.807) is 18.2 Å². The lowest BCUT2D eigenvalue weighted by molar-refractivity contribution is -0.119. The van der Waals surface area contributed by atoms with Crippen molar-refractivity contribution in [3.63, 3.8) is 0 Å². The lowest BCUT2D eigenvalue weighted by Crippen LogP contribution is -2.22. The van der Waals surface area contributed by atoms with Crippen molar-refractivity contribution in [2.75, 3.05) is 31.9 Å². The van der Waals surface area contributed by atoms with Gasteiger partial charge >= 0.3 is 5.97 Å². The maximum atomic E-state index is 11.9. The van der Waals surface area contributed by atoms with Crippen molar-refractivity contribution in [2.45, 2.75) is 0 Å². The van der Waals surface area contributed by atoms with E-state index in [4.69, 9.17) is 19.9 Å². The second kappa shape index (κ2) is 7.77. The summed E-state index contributed by atoms with van der Waals surface area (Å²) in [7, 11) is 2.99. The molecule has 1 amide bonds. The Bertz CT molecular complexity index is 728. The van der Waals surface area contributed by atoms with E-state index in [2.05, 4.69) is 15.3 Å². The molecule has 126 valence electrons. The van der Waals surface area contributed by atoms with Gasteiger partial charge in [0.25, 0.3) is 5.91 Å². The SMILES string of the molecule is COc1cc(NC(=O)COC(=O)c2nccnc2N)cc(OC)c1. The number of aromatic nitrogens is 2. The van der Waals surface area contributed by atoms with E-state index in [9.17, 15) is 9.59 Å². The smallest absolute Gasteiger partial charge is 0.361 e. The first-order chi connectivity index (χ1) is 11.5. The van der Waals surface area contributed by atoms with Crippen molar-refractivity contribution >= 4 is 23.4 Å². The standard InChI is InChI=1S/C15H16N4O5/c1-22-10-5-9(6-11(7-10)23-2)19-12(20)8-24-15(21)13-14(16)18-4-3-17-13/h3-7H,8H2,1-2H3,(H2,16,18)(H,19,20). The highest BCUT2D eigenvalue weighted by Gasteiger charge is 2.15. The minimum atomic E-state index is -0.834. The fraction of sp³-hybridized carbons (Fsp3) is 0.200. The maximum absolute atomic E-state index is 11.9. The molecule has 0 unspecified atom stereocenters. The molecule has 0 atom stereocenters. The molecule has 0 bridgehead atoms. The monoisotopic (exact) mass is 332 g/mol. The fourth-order valence-corrected chi connectivity index (χ4v) is 1.78. The van der Waals surface area contributed by atoms with E-state index < -0.39 is 18.5 Å². The molecule has 24 heavy (non-hydrogen) atoms. The third-order valence-electron chi connectivity index (χ3n) is 2.89. The van der Waals surface area contributed by atoms with Crippen LogP contribution in [0.2, 0.25) is 0 Å². The predicted octanol–water partition coefficient (Wildman–Crippen LogP) is 0.871. The molecule has 0 saturated carbocycles. The first-order valence-corrected chi connectivity index (χ1v) is 6.80. The van der Waals surface area contributed by atoms with Crippen LogP contribution in [-0.2, 0) is 9.53 Å². The summed E-state index contributed by atoms with van der Waals surface area (Å²) >= 11 is 0. The number of nitrogen functional groups attached to an aromatic ring is 1. The third kappa shape index (κ3) is 4.32. The second-order valence-corrected chi connectivity index (χ2v) is 4.52. The molecule has 0 spiro atoms. The number of carbonyl (C=O) groups is 2. The first kappa shape index (κ1) is 17.0. The van der Waals surface area contributed by atoms with Gasteiger partial charge in [-0.05, 0) is 0 Å². The minimum Gasteiger partial charge on any atom is -0.497 e. The Morgan fingerprint density at radius 3 is 2.29 bits per heavy atom. The number of anilines is 2. The van der Waals surface area contributed by atoms with Crippen molar-refractivity contribution < 1.29 is 23.8 Å². The Balaban J connectivity index is 1.96. The zero-order valence-electron chi connectivity index (χ0n) is 13.1. The largest absolute Gasteiger partial charge is 0.497 e. The Labute approximate surface area is 137 Å².